The van der Waals surface area contributed by atoms with Gasteiger partial charge in [-0.25, -0.2) is 4.39 Å². The Hall–Kier alpha value is -2.44. The highest BCUT2D eigenvalue weighted by Crippen LogP contribution is 2.23. The monoisotopic (exact) mass is 371 g/mol. The highest BCUT2D eigenvalue weighted by atomic mass is 19.1. The van der Waals surface area contributed by atoms with E-state index in [2.05, 4.69) is 10.2 Å². The van der Waals surface area contributed by atoms with Crippen LogP contribution >= 0.6 is 0 Å². The maximum atomic E-state index is 13.6. The molecule has 1 aliphatic rings. The van der Waals surface area contributed by atoms with E-state index in [1.165, 1.54) is 6.07 Å². The number of ether oxygens (including phenoxy) is 1. The molecule has 0 radical (unpaired) electrons. The van der Waals surface area contributed by atoms with Gasteiger partial charge in [0.2, 0.25) is 5.91 Å². The van der Waals surface area contributed by atoms with Gasteiger partial charge in [-0.1, -0.05) is 24.3 Å². The first kappa shape index (κ1) is 19.3. The minimum Gasteiger partial charge on any atom is -0.497 e. The number of piperazine rings is 1. The molecule has 3 rings (SSSR count). The van der Waals surface area contributed by atoms with Gasteiger partial charge < -0.3 is 15.0 Å². The second-order valence-corrected chi connectivity index (χ2v) is 6.84. The average Bonchev–Trinajstić information content (AvgIpc) is 2.69. The molecule has 1 N–H and O–H groups in total. The Morgan fingerprint density at radius 2 is 2.07 bits per heavy atom. The van der Waals surface area contributed by atoms with Gasteiger partial charge in [0.05, 0.1) is 13.7 Å². The third-order valence-electron chi connectivity index (χ3n) is 4.93. The number of hydrogen-bond acceptors (Lipinski definition) is 4. The van der Waals surface area contributed by atoms with E-state index in [0.29, 0.717) is 19.6 Å². The van der Waals surface area contributed by atoms with Crippen molar-refractivity contribution in [3.63, 3.8) is 0 Å². The minimum absolute atomic E-state index is 0.00668. The number of nitrogens with one attached hydrogen (secondary N) is 1. The van der Waals surface area contributed by atoms with Crippen molar-refractivity contribution in [3.05, 3.63) is 65.5 Å². The van der Waals surface area contributed by atoms with Crippen LogP contribution in [0.1, 0.15) is 17.2 Å². The summed E-state index contributed by atoms with van der Waals surface area (Å²) in [4.78, 5) is 16.6. The molecule has 0 bridgehead atoms. The zero-order valence-corrected chi connectivity index (χ0v) is 15.8. The maximum absolute atomic E-state index is 13.6. The number of halogens is 1. The van der Waals surface area contributed by atoms with Gasteiger partial charge in [0.15, 0.2) is 0 Å². The highest BCUT2D eigenvalue weighted by molar-refractivity contribution is 5.78. The van der Waals surface area contributed by atoms with Crippen molar-refractivity contribution in [3.8, 4) is 5.75 Å². The Kier molecular flexibility index (Phi) is 6.42. The van der Waals surface area contributed by atoms with E-state index < -0.39 is 0 Å². The van der Waals surface area contributed by atoms with Gasteiger partial charge in [0, 0.05) is 39.3 Å². The van der Waals surface area contributed by atoms with Crippen molar-refractivity contribution < 1.29 is 13.9 Å². The molecule has 1 aliphatic heterocycles. The maximum Gasteiger partial charge on any atom is 0.236 e. The van der Waals surface area contributed by atoms with E-state index in [9.17, 15) is 9.18 Å². The van der Waals surface area contributed by atoms with E-state index in [1.54, 1.807) is 24.1 Å². The molecule has 0 spiro atoms. The van der Waals surface area contributed by atoms with E-state index in [1.807, 2.05) is 37.4 Å². The third kappa shape index (κ3) is 5.05. The molecular formula is C21H26FN3O2. The van der Waals surface area contributed by atoms with Crippen LogP contribution < -0.4 is 10.1 Å². The normalized spacial score (nSPS) is 17.5. The number of hydrogen-bond donors (Lipinski definition) is 1. The van der Waals surface area contributed by atoms with Gasteiger partial charge >= 0.3 is 0 Å². The quantitative estimate of drug-likeness (QED) is 0.847. The third-order valence-corrected chi connectivity index (χ3v) is 4.93. The van der Waals surface area contributed by atoms with Crippen LogP contribution in [-0.2, 0) is 11.3 Å². The first-order valence-electron chi connectivity index (χ1n) is 9.14. The van der Waals surface area contributed by atoms with Crippen LogP contribution in [0.15, 0.2) is 48.5 Å². The number of likely N-dealkylation sites (N-methyl/N-ethyl adjacent to an activating group) is 1. The standard InChI is InChI=1S/C21H26FN3O2/c1-24(14-16-6-8-19(27-2)9-7-16)21(26)15-25-11-10-23-13-20(25)17-4-3-5-18(22)12-17/h3-9,12,20,23H,10-11,13-15H2,1-2H3. The topological polar surface area (TPSA) is 44.8 Å². The Balaban J connectivity index is 1.63. The fourth-order valence-corrected chi connectivity index (χ4v) is 3.37. The molecule has 5 nitrogen and oxygen atoms in total. The first-order valence-corrected chi connectivity index (χ1v) is 9.14. The van der Waals surface area contributed by atoms with Crippen molar-refractivity contribution in [2.45, 2.75) is 12.6 Å². The largest absolute Gasteiger partial charge is 0.497 e. The highest BCUT2D eigenvalue weighted by Gasteiger charge is 2.26. The van der Waals surface area contributed by atoms with Crippen LogP contribution in [0.3, 0.4) is 0 Å². The van der Waals surface area contributed by atoms with Gasteiger partial charge in [-0.2, -0.15) is 0 Å². The zero-order chi connectivity index (χ0) is 19.2. The number of carbonyl (C=O) groups is 1. The summed E-state index contributed by atoms with van der Waals surface area (Å²) < 4.78 is 18.8. The molecule has 1 unspecified atom stereocenters. The number of nitrogens with zero attached hydrogens (tertiary/aromatic N) is 2. The van der Waals surface area contributed by atoms with Crippen LogP contribution in [0.2, 0.25) is 0 Å². The molecule has 2 aromatic carbocycles. The molecule has 0 aliphatic carbocycles. The molecule has 2 aromatic rings. The summed E-state index contributed by atoms with van der Waals surface area (Å²) in [5, 5.41) is 3.33. The van der Waals surface area contributed by atoms with Crippen molar-refractivity contribution in [1.82, 2.24) is 15.1 Å². The van der Waals surface area contributed by atoms with Gasteiger partial charge in [-0.3, -0.25) is 9.69 Å². The molecular weight excluding hydrogens is 345 g/mol. The molecule has 1 atom stereocenters. The lowest BCUT2D eigenvalue weighted by atomic mass is 10.0. The summed E-state index contributed by atoms with van der Waals surface area (Å²) in [6.45, 7) is 3.14. The number of amides is 1. The lowest BCUT2D eigenvalue weighted by Crippen LogP contribution is -2.49. The minimum atomic E-state index is -0.249. The van der Waals surface area contributed by atoms with Gasteiger partial charge in [0.1, 0.15) is 11.6 Å². The summed E-state index contributed by atoms with van der Waals surface area (Å²) in [5.74, 6) is 0.599. The number of rotatable bonds is 6. The molecule has 144 valence electrons. The van der Waals surface area contributed by atoms with Crippen molar-refractivity contribution in [2.24, 2.45) is 0 Å². The summed E-state index contributed by atoms with van der Waals surface area (Å²) in [5.41, 5.74) is 1.95. The van der Waals surface area contributed by atoms with Gasteiger partial charge in [-0.05, 0) is 35.4 Å². The van der Waals surface area contributed by atoms with Gasteiger partial charge in [0.25, 0.3) is 0 Å². The molecule has 0 saturated carbocycles. The van der Waals surface area contributed by atoms with Crippen LogP contribution in [0.4, 0.5) is 4.39 Å². The van der Waals surface area contributed by atoms with Crippen LogP contribution in [-0.4, -0.2) is 56.0 Å². The van der Waals surface area contributed by atoms with Crippen LogP contribution in [0, 0.1) is 5.82 Å². The van der Waals surface area contributed by atoms with Crippen molar-refractivity contribution >= 4 is 5.91 Å². The molecule has 1 saturated heterocycles. The second kappa shape index (κ2) is 8.97. The van der Waals surface area contributed by atoms with Crippen LogP contribution in [0.25, 0.3) is 0 Å². The summed E-state index contributed by atoms with van der Waals surface area (Å²) >= 11 is 0. The van der Waals surface area contributed by atoms with Gasteiger partial charge in [-0.15, -0.1) is 0 Å². The molecule has 1 amide bonds. The van der Waals surface area contributed by atoms with Crippen LogP contribution in [0.5, 0.6) is 5.75 Å². The first-order chi connectivity index (χ1) is 13.1. The van der Waals surface area contributed by atoms with E-state index in [4.69, 9.17) is 4.74 Å². The second-order valence-electron chi connectivity index (χ2n) is 6.84. The van der Waals surface area contributed by atoms with E-state index >= 15 is 0 Å². The van der Waals surface area contributed by atoms with E-state index in [0.717, 1.165) is 30.0 Å². The Labute approximate surface area is 159 Å². The fraction of sp³-hybridized carbons (Fsp3) is 0.381. The van der Waals surface area contributed by atoms with E-state index in [-0.39, 0.29) is 17.8 Å². The molecule has 1 fully saturated rings. The SMILES string of the molecule is COc1ccc(CN(C)C(=O)CN2CCNCC2c2cccc(F)c2)cc1. The Morgan fingerprint density at radius 1 is 1.30 bits per heavy atom. The molecule has 27 heavy (non-hydrogen) atoms. The van der Waals surface area contributed by atoms with Crippen molar-refractivity contribution in [2.75, 3.05) is 40.3 Å². The number of methoxy groups -OCH3 is 1. The Bertz CT molecular complexity index is 766. The predicted octanol–water partition coefficient (Wildman–Crippen LogP) is 2.44. The smallest absolute Gasteiger partial charge is 0.236 e. The van der Waals surface area contributed by atoms with Crippen molar-refractivity contribution in [1.29, 1.82) is 0 Å². The predicted molar refractivity (Wildman–Crippen MR) is 103 cm³/mol. The number of benzene rings is 2. The Morgan fingerprint density at radius 3 is 2.78 bits per heavy atom. The number of carbonyl (C=O) groups excluding carboxylic acids is 1. The molecule has 6 heteroatoms. The fourth-order valence-electron chi connectivity index (χ4n) is 3.37. The summed E-state index contributed by atoms with van der Waals surface area (Å²) in [7, 11) is 3.44. The lowest BCUT2D eigenvalue weighted by molar-refractivity contribution is -0.132. The lowest BCUT2D eigenvalue weighted by Gasteiger charge is -2.36. The summed E-state index contributed by atoms with van der Waals surface area (Å²) in [6.07, 6.45) is 0. The average molecular weight is 371 g/mol. The summed E-state index contributed by atoms with van der Waals surface area (Å²) in [6, 6.07) is 14.3. The zero-order valence-electron chi connectivity index (χ0n) is 15.8. The molecule has 1 heterocycles. The molecule has 0 aromatic heterocycles.